The topological polar surface area (TPSA) is 126 Å². The van der Waals surface area contributed by atoms with Gasteiger partial charge >= 0.3 is 0 Å². The van der Waals surface area contributed by atoms with E-state index in [1.54, 1.807) is 10.7 Å². The number of hydrazine groups is 1. The number of anilines is 2. The van der Waals surface area contributed by atoms with Crippen LogP contribution in [0.2, 0.25) is 0 Å². The van der Waals surface area contributed by atoms with Crippen LogP contribution in [0.4, 0.5) is 11.6 Å². The average Bonchev–Trinajstić information content (AvgIpc) is 3.61. The van der Waals surface area contributed by atoms with E-state index in [1.807, 2.05) is 45.3 Å². The monoisotopic (exact) mass is 580 g/mol. The molecule has 13 nitrogen and oxygen atoms in total. The fourth-order valence-corrected chi connectivity index (χ4v) is 5.45. The van der Waals surface area contributed by atoms with Crippen LogP contribution in [0.15, 0.2) is 47.1 Å². The molecule has 3 aliphatic heterocycles. The molecule has 0 aliphatic carbocycles. The van der Waals surface area contributed by atoms with Gasteiger partial charge in [0.15, 0.2) is 5.65 Å². The number of amides is 1. The molecule has 0 spiro atoms. The fraction of sp³-hybridized carbons (Fsp3) is 0.458. The number of nitrogens with one attached hydrogen (secondary N) is 2. The molecular formula is C24H29BrN12O. The van der Waals surface area contributed by atoms with Gasteiger partial charge < -0.3 is 25.0 Å². The number of fused-ring (bicyclic) bond motifs is 1. The molecule has 3 aromatic rings. The lowest BCUT2D eigenvalue weighted by Crippen LogP contribution is -2.63. The zero-order valence-corrected chi connectivity index (χ0v) is 22.7. The van der Waals surface area contributed by atoms with Crippen molar-refractivity contribution in [3.63, 3.8) is 0 Å². The molecule has 3 aliphatic rings. The molecule has 38 heavy (non-hydrogen) atoms. The smallest absolute Gasteiger partial charge is 0.247 e. The average molecular weight is 581 g/mol. The molecule has 2 fully saturated rings. The number of piperazine rings is 1. The fourth-order valence-electron chi connectivity index (χ4n) is 5.16. The summed E-state index contributed by atoms with van der Waals surface area (Å²) in [6, 6.07) is 6.28. The Morgan fingerprint density at radius 1 is 1.29 bits per heavy atom. The van der Waals surface area contributed by atoms with E-state index >= 15 is 0 Å². The number of likely N-dealkylation sites (N-methyl/N-ethyl adjacent to an activating group) is 1. The van der Waals surface area contributed by atoms with Gasteiger partial charge in [0.1, 0.15) is 12.1 Å². The van der Waals surface area contributed by atoms with E-state index in [0.29, 0.717) is 32.0 Å². The van der Waals surface area contributed by atoms with Gasteiger partial charge in [0.05, 0.1) is 41.1 Å². The summed E-state index contributed by atoms with van der Waals surface area (Å²) in [5.74, 6) is 0.598. The summed E-state index contributed by atoms with van der Waals surface area (Å²) in [7, 11) is 2.08. The highest BCUT2D eigenvalue weighted by atomic mass is 79.9. The normalized spacial score (nSPS) is 19.4. The molecule has 14 heteroatoms. The van der Waals surface area contributed by atoms with Crippen LogP contribution in [-0.4, -0.2) is 105 Å². The molecule has 6 rings (SSSR count). The van der Waals surface area contributed by atoms with Crippen molar-refractivity contribution in [2.24, 2.45) is 0 Å². The molecule has 0 radical (unpaired) electrons. The Hall–Kier alpha value is -3.67. The van der Waals surface area contributed by atoms with Crippen LogP contribution in [0, 0.1) is 11.3 Å². The number of halogens is 1. The third-order valence-electron chi connectivity index (χ3n) is 7.32. The van der Waals surface area contributed by atoms with Crippen LogP contribution >= 0.6 is 15.9 Å². The zero-order valence-electron chi connectivity index (χ0n) is 21.1. The standard InChI is InChI=1S/C24H29BrN12O/c1-32-7-9-33(10-8-32)21(38)15-35-14-19(12-27-35)29-23-30-22-20(3-2-6-36(22)31-23)34-16-24(17-34,4-5-26)37-13-18(25)11-28-37/h2-3,6,11,13-14,27H,4,7-10,12,15-17H2,1H3,(H,29,31). The molecule has 6 heterocycles. The lowest BCUT2D eigenvalue weighted by atomic mass is 9.86. The molecule has 2 N–H and O–H groups in total. The van der Waals surface area contributed by atoms with E-state index in [0.717, 1.165) is 47.7 Å². The highest BCUT2D eigenvalue weighted by Crippen LogP contribution is 2.37. The summed E-state index contributed by atoms with van der Waals surface area (Å²) < 4.78 is 4.53. The molecular weight excluding hydrogens is 552 g/mol. The van der Waals surface area contributed by atoms with E-state index in [1.165, 1.54) is 0 Å². The first-order valence-corrected chi connectivity index (χ1v) is 13.3. The van der Waals surface area contributed by atoms with Crippen molar-refractivity contribution in [3.8, 4) is 6.07 Å². The van der Waals surface area contributed by atoms with Crippen molar-refractivity contribution in [2.75, 3.05) is 69.6 Å². The number of nitriles is 1. The third-order valence-corrected chi connectivity index (χ3v) is 7.73. The highest BCUT2D eigenvalue weighted by molar-refractivity contribution is 9.10. The Balaban J connectivity index is 1.12. The lowest BCUT2D eigenvalue weighted by molar-refractivity contribution is -0.133. The predicted octanol–water partition coefficient (Wildman–Crippen LogP) is 0.665. The molecule has 1 amide bonds. The largest absolute Gasteiger partial charge is 0.363 e. The van der Waals surface area contributed by atoms with Crippen LogP contribution < -0.4 is 15.6 Å². The summed E-state index contributed by atoms with van der Waals surface area (Å²) in [4.78, 5) is 23.8. The predicted molar refractivity (Wildman–Crippen MR) is 144 cm³/mol. The Morgan fingerprint density at radius 2 is 2.11 bits per heavy atom. The van der Waals surface area contributed by atoms with Crippen molar-refractivity contribution in [1.29, 1.82) is 5.26 Å². The molecule has 3 aromatic heterocycles. The van der Waals surface area contributed by atoms with Crippen LogP contribution in [0.1, 0.15) is 6.42 Å². The van der Waals surface area contributed by atoms with E-state index in [4.69, 9.17) is 4.98 Å². The first-order valence-electron chi connectivity index (χ1n) is 12.5. The van der Waals surface area contributed by atoms with E-state index in [9.17, 15) is 10.1 Å². The minimum Gasteiger partial charge on any atom is -0.363 e. The maximum Gasteiger partial charge on any atom is 0.247 e. The second-order valence-corrected chi connectivity index (χ2v) is 11.0. The van der Waals surface area contributed by atoms with E-state index in [2.05, 4.69) is 59.8 Å². The maximum atomic E-state index is 12.7. The van der Waals surface area contributed by atoms with Crippen molar-refractivity contribution >= 4 is 39.1 Å². The number of hydrogen-bond acceptors (Lipinski definition) is 10. The minimum atomic E-state index is -0.375. The summed E-state index contributed by atoms with van der Waals surface area (Å²) in [5, 5.41) is 23.6. The number of pyridine rings is 1. The Labute approximate surface area is 228 Å². The zero-order chi connectivity index (χ0) is 26.3. The van der Waals surface area contributed by atoms with Gasteiger partial charge in [-0.05, 0) is 35.1 Å². The van der Waals surface area contributed by atoms with Crippen molar-refractivity contribution in [3.05, 3.63) is 47.1 Å². The molecule has 0 atom stereocenters. The highest BCUT2D eigenvalue weighted by Gasteiger charge is 2.46. The quantitative estimate of drug-likeness (QED) is 0.411. The van der Waals surface area contributed by atoms with Crippen molar-refractivity contribution in [1.82, 2.24) is 44.6 Å². The van der Waals surface area contributed by atoms with Gasteiger partial charge in [-0.1, -0.05) is 0 Å². The Bertz CT molecular complexity index is 1410. The summed E-state index contributed by atoms with van der Waals surface area (Å²) >= 11 is 3.45. The molecule has 2 saturated heterocycles. The van der Waals surface area contributed by atoms with Gasteiger partial charge in [0.2, 0.25) is 11.9 Å². The summed E-state index contributed by atoms with van der Waals surface area (Å²) in [5.41, 5.74) is 5.43. The van der Waals surface area contributed by atoms with Gasteiger partial charge in [0.25, 0.3) is 0 Å². The third kappa shape index (κ3) is 4.68. The van der Waals surface area contributed by atoms with Crippen molar-refractivity contribution < 1.29 is 4.79 Å². The lowest BCUT2D eigenvalue weighted by Gasteiger charge is -2.50. The van der Waals surface area contributed by atoms with Gasteiger partial charge in [-0.15, -0.1) is 5.10 Å². The minimum absolute atomic E-state index is 0.114. The molecule has 0 unspecified atom stereocenters. The van der Waals surface area contributed by atoms with Crippen molar-refractivity contribution in [2.45, 2.75) is 12.0 Å². The number of carbonyl (C=O) groups is 1. The number of hydrogen-bond donors (Lipinski definition) is 2. The number of rotatable bonds is 7. The first kappa shape index (κ1) is 24.7. The summed E-state index contributed by atoms with van der Waals surface area (Å²) in [6.07, 6.45) is 7.80. The van der Waals surface area contributed by atoms with Crippen LogP contribution in [0.3, 0.4) is 0 Å². The van der Waals surface area contributed by atoms with Gasteiger partial charge in [-0.25, -0.2) is 9.94 Å². The van der Waals surface area contributed by atoms with Gasteiger partial charge in [-0.3, -0.25) is 9.48 Å². The molecule has 198 valence electrons. The Morgan fingerprint density at radius 3 is 2.84 bits per heavy atom. The SMILES string of the molecule is CN1CCN(C(=O)CN2C=C(Nc3nc4c(N5CC(CC#N)(n6cc(Br)cn6)C5)cccn4n3)CN2)CC1. The summed E-state index contributed by atoms with van der Waals surface area (Å²) in [6.45, 7) is 5.47. The first-order chi connectivity index (χ1) is 18.4. The second-order valence-electron chi connectivity index (χ2n) is 10.0. The van der Waals surface area contributed by atoms with Crippen LogP contribution in [0.25, 0.3) is 5.65 Å². The molecule has 0 saturated carbocycles. The molecule has 0 bridgehead atoms. The van der Waals surface area contributed by atoms with Gasteiger partial charge in [0, 0.05) is 57.9 Å². The van der Waals surface area contributed by atoms with Gasteiger partial charge in [-0.2, -0.15) is 15.3 Å². The van der Waals surface area contributed by atoms with E-state index in [-0.39, 0.29) is 18.0 Å². The number of nitrogens with zero attached hydrogens (tertiary/aromatic N) is 10. The number of carbonyl (C=O) groups excluding carboxylic acids is 1. The van der Waals surface area contributed by atoms with Crippen LogP contribution in [0.5, 0.6) is 0 Å². The molecule has 0 aromatic carbocycles. The Kier molecular flexibility index (Phi) is 6.42. The maximum absolute atomic E-state index is 12.7. The van der Waals surface area contributed by atoms with Crippen LogP contribution in [-0.2, 0) is 10.3 Å². The van der Waals surface area contributed by atoms with E-state index < -0.39 is 0 Å². The second kappa shape index (κ2) is 9.90. The number of aromatic nitrogens is 5.